The highest BCUT2D eigenvalue weighted by molar-refractivity contribution is 7.09. The summed E-state index contributed by atoms with van der Waals surface area (Å²) in [4.78, 5) is 8.25. The SMILES string of the molecule is Cc1ccc(CN2CC[C@](CO)(CCc3cccs3)C2)cn1. The van der Waals surface area contributed by atoms with E-state index < -0.39 is 0 Å². The van der Waals surface area contributed by atoms with Crippen LogP contribution in [0.3, 0.4) is 0 Å². The number of pyridine rings is 1. The van der Waals surface area contributed by atoms with Gasteiger partial charge in [-0.1, -0.05) is 12.1 Å². The number of aliphatic hydroxyl groups excluding tert-OH is 1. The van der Waals surface area contributed by atoms with Gasteiger partial charge in [0.15, 0.2) is 0 Å². The van der Waals surface area contributed by atoms with Crippen molar-refractivity contribution in [2.45, 2.75) is 32.7 Å². The second-order valence-corrected chi connectivity index (χ2v) is 7.54. The summed E-state index contributed by atoms with van der Waals surface area (Å²) in [6.07, 6.45) is 5.22. The highest BCUT2D eigenvalue weighted by Crippen LogP contribution is 2.35. The molecule has 3 heterocycles. The number of hydrogen-bond donors (Lipinski definition) is 1. The Hall–Kier alpha value is -1.23. The van der Waals surface area contributed by atoms with E-state index >= 15 is 0 Å². The molecule has 3 nitrogen and oxygen atoms in total. The first-order valence-corrected chi connectivity index (χ1v) is 8.84. The van der Waals surface area contributed by atoms with Crippen molar-refractivity contribution in [3.8, 4) is 0 Å². The maximum atomic E-state index is 9.93. The molecule has 118 valence electrons. The number of hydrogen-bond acceptors (Lipinski definition) is 4. The zero-order valence-electron chi connectivity index (χ0n) is 13.2. The van der Waals surface area contributed by atoms with E-state index in [1.165, 1.54) is 10.4 Å². The molecule has 4 heteroatoms. The van der Waals surface area contributed by atoms with Gasteiger partial charge < -0.3 is 5.11 Å². The molecule has 3 rings (SSSR count). The minimum Gasteiger partial charge on any atom is -0.396 e. The van der Waals surface area contributed by atoms with Gasteiger partial charge in [0.1, 0.15) is 0 Å². The van der Waals surface area contributed by atoms with Gasteiger partial charge in [0.25, 0.3) is 0 Å². The van der Waals surface area contributed by atoms with Crippen molar-refractivity contribution >= 4 is 11.3 Å². The Labute approximate surface area is 136 Å². The number of rotatable bonds is 6. The Kier molecular flexibility index (Phi) is 4.91. The van der Waals surface area contributed by atoms with Crippen LogP contribution in [0.15, 0.2) is 35.8 Å². The molecule has 0 radical (unpaired) electrons. The summed E-state index contributed by atoms with van der Waals surface area (Å²) in [5.74, 6) is 0. The van der Waals surface area contributed by atoms with E-state index in [0.29, 0.717) is 6.61 Å². The standard InChI is InChI=1S/C18H24N2OS/c1-15-4-5-16(11-19-15)12-20-9-8-18(13-20,14-21)7-6-17-3-2-10-22-17/h2-5,10-11,21H,6-9,12-14H2,1H3/t18-/m1/s1. The topological polar surface area (TPSA) is 36.4 Å². The Morgan fingerprint density at radius 1 is 1.36 bits per heavy atom. The van der Waals surface area contributed by atoms with Crippen LogP contribution in [0.2, 0.25) is 0 Å². The van der Waals surface area contributed by atoms with Gasteiger partial charge in [0.2, 0.25) is 0 Å². The fourth-order valence-corrected chi connectivity index (χ4v) is 3.98. The fourth-order valence-electron chi connectivity index (χ4n) is 3.27. The van der Waals surface area contributed by atoms with Crippen molar-refractivity contribution in [1.29, 1.82) is 0 Å². The Balaban J connectivity index is 1.57. The Bertz CT molecular complexity index is 582. The minimum absolute atomic E-state index is 0.0715. The third-order valence-electron chi connectivity index (χ3n) is 4.71. The molecule has 1 N–H and O–H groups in total. The van der Waals surface area contributed by atoms with Crippen LogP contribution < -0.4 is 0 Å². The molecule has 1 aliphatic rings. The van der Waals surface area contributed by atoms with E-state index in [1.807, 2.05) is 24.5 Å². The van der Waals surface area contributed by atoms with Crippen molar-refractivity contribution in [2.24, 2.45) is 5.41 Å². The normalized spacial score (nSPS) is 22.3. The number of thiophene rings is 1. The van der Waals surface area contributed by atoms with E-state index in [2.05, 4.69) is 39.5 Å². The second-order valence-electron chi connectivity index (χ2n) is 6.51. The lowest BCUT2D eigenvalue weighted by molar-refractivity contribution is 0.118. The van der Waals surface area contributed by atoms with Crippen LogP contribution >= 0.6 is 11.3 Å². The molecule has 0 unspecified atom stereocenters. The van der Waals surface area contributed by atoms with Gasteiger partial charge in [0.05, 0.1) is 0 Å². The molecule has 0 bridgehead atoms. The van der Waals surface area contributed by atoms with Crippen LogP contribution in [-0.2, 0) is 13.0 Å². The quantitative estimate of drug-likeness (QED) is 0.888. The van der Waals surface area contributed by atoms with Gasteiger partial charge in [-0.2, -0.15) is 0 Å². The maximum absolute atomic E-state index is 9.93. The molecule has 1 fully saturated rings. The monoisotopic (exact) mass is 316 g/mol. The van der Waals surface area contributed by atoms with E-state index in [4.69, 9.17) is 0 Å². The predicted molar refractivity (Wildman–Crippen MR) is 91.0 cm³/mol. The average Bonchev–Trinajstić information content (AvgIpc) is 3.18. The summed E-state index contributed by atoms with van der Waals surface area (Å²) in [6, 6.07) is 8.53. The van der Waals surface area contributed by atoms with E-state index in [1.54, 1.807) is 0 Å². The van der Waals surface area contributed by atoms with Crippen molar-refractivity contribution in [3.63, 3.8) is 0 Å². The van der Waals surface area contributed by atoms with Gasteiger partial charge in [-0.25, -0.2) is 0 Å². The number of aromatic nitrogens is 1. The van der Waals surface area contributed by atoms with Crippen LogP contribution in [0.1, 0.15) is 29.0 Å². The molecule has 0 saturated carbocycles. The van der Waals surface area contributed by atoms with Crippen LogP contribution in [0.25, 0.3) is 0 Å². The van der Waals surface area contributed by atoms with Gasteiger partial charge >= 0.3 is 0 Å². The van der Waals surface area contributed by atoms with Crippen molar-refractivity contribution in [1.82, 2.24) is 9.88 Å². The van der Waals surface area contributed by atoms with Crippen LogP contribution in [0, 0.1) is 12.3 Å². The molecule has 0 spiro atoms. The van der Waals surface area contributed by atoms with Crippen molar-refractivity contribution < 1.29 is 5.11 Å². The molecule has 1 saturated heterocycles. The Morgan fingerprint density at radius 2 is 2.27 bits per heavy atom. The average molecular weight is 316 g/mol. The highest BCUT2D eigenvalue weighted by Gasteiger charge is 2.37. The third kappa shape index (κ3) is 3.75. The predicted octanol–water partition coefficient (Wildman–Crippen LogP) is 3.27. The minimum atomic E-state index is 0.0715. The zero-order chi connectivity index (χ0) is 15.4. The van der Waals surface area contributed by atoms with Crippen molar-refractivity contribution in [3.05, 3.63) is 52.0 Å². The molecule has 0 amide bonds. The molecule has 22 heavy (non-hydrogen) atoms. The molecule has 1 aliphatic heterocycles. The molecular weight excluding hydrogens is 292 g/mol. The first-order chi connectivity index (χ1) is 10.7. The van der Waals surface area contributed by atoms with Crippen LogP contribution in [-0.4, -0.2) is 34.7 Å². The molecule has 2 aromatic rings. The van der Waals surface area contributed by atoms with Gasteiger partial charge in [-0.3, -0.25) is 9.88 Å². The van der Waals surface area contributed by atoms with Crippen molar-refractivity contribution in [2.75, 3.05) is 19.7 Å². The third-order valence-corrected chi connectivity index (χ3v) is 5.65. The van der Waals surface area contributed by atoms with E-state index in [9.17, 15) is 5.11 Å². The summed E-state index contributed by atoms with van der Waals surface area (Å²) >= 11 is 1.82. The summed E-state index contributed by atoms with van der Waals surface area (Å²) < 4.78 is 0. The van der Waals surface area contributed by atoms with Crippen LogP contribution in [0.5, 0.6) is 0 Å². The van der Waals surface area contributed by atoms with E-state index in [-0.39, 0.29) is 5.41 Å². The summed E-state index contributed by atoms with van der Waals surface area (Å²) in [5, 5.41) is 12.1. The summed E-state index contributed by atoms with van der Waals surface area (Å²) in [7, 11) is 0. The smallest absolute Gasteiger partial charge is 0.0500 e. The maximum Gasteiger partial charge on any atom is 0.0500 e. The Morgan fingerprint density at radius 3 is 2.95 bits per heavy atom. The zero-order valence-corrected chi connectivity index (χ0v) is 14.0. The van der Waals surface area contributed by atoms with Gasteiger partial charge in [-0.15, -0.1) is 11.3 Å². The lowest BCUT2D eigenvalue weighted by Gasteiger charge is -2.27. The molecule has 2 aromatic heterocycles. The lowest BCUT2D eigenvalue weighted by Crippen LogP contribution is -2.30. The van der Waals surface area contributed by atoms with Gasteiger partial charge in [0, 0.05) is 41.9 Å². The second kappa shape index (κ2) is 6.90. The van der Waals surface area contributed by atoms with Gasteiger partial charge in [-0.05, 0) is 55.8 Å². The molecule has 0 aromatic carbocycles. The number of nitrogens with zero attached hydrogens (tertiary/aromatic N) is 2. The number of aryl methyl sites for hydroxylation is 2. The first-order valence-electron chi connectivity index (χ1n) is 7.96. The highest BCUT2D eigenvalue weighted by atomic mass is 32.1. The number of aliphatic hydroxyl groups is 1. The fraction of sp³-hybridized carbons (Fsp3) is 0.500. The number of likely N-dealkylation sites (tertiary alicyclic amines) is 1. The largest absolute Gasteiger partial charge is 0.396 e. The summed E-state index contributed by atoms with van der Waals surface area (Å²) in [6.45, 7) is 5.30. The molecular formula is C18H24N2OS. The van der Waals surface area contributed by atoms with E-state index in [0.717, 1.165) is 44.6 Å². The molecule has 1 atom stereocenters. The summed E-state index contributed by atoms with van der Waals surface area (Å²) in [5.41, 5.74) is 2.39. The lowest BCUT2D eigenvalue weighted by atomic mass is 9.83. The van der Waals surface area contributed by atoms with Crippen LogP contribution in [0.4, 0.5) is 0 Å². The molecule has 0 aliphatic carbocycles. The first kappa shape index (κ1) is 15.7.